The number of hydrogen-bond donors (Lipinski definition) is 1. The van der Waals surface area contributed by atoms with Crippen molar-refractivity contribution >= 4 is 10.8 Å². The first-order chi connectivity index (χ1) is 7.20. The maximum Gasteiger partial charge on any atom is 0.0324 e. The van der Waals surface area contributed by atoms with Crippen molar-refractivity contribution in [3.8, 4) is 0 Å². The van der Waals surface area contributed by atoms with Crippen LogP contribution in [0.2, 0.25) is 0 Å². The molecule has 2 aromatic rings. The summed E-state index contributed by atoms with van der Waals surface area (Å²) in [7, 11) is 0. The molecule has 15 heavy (non-hydrogen) atoms. The maximum atomic E-state index is 6.20. The average Bonchev–Trinajstić information content (AvgIpc) is 2.27. The van der Waals surface area contributed by atoms with Gasteiger partial charge in [0.05, 0.1) is 0 Å². The van der Waals surface area contributed by atoms with Gasteiger partial charge in [0.15, 0.2) is 0 Å². The number of hydrogen-bond acceptors (Lipinski definition) is 1. The number of benzene rings is 2. The molecule has 0 saturated carbocycles. The van der Waals surface area contributed by atoms with E-state index in [9.17, 15) is 0 Å². The average molecular weight is 199 g/mol. The minimum atomic E-state index is 0.121. The molecule has 1 nitrogen and oxygen atoms in total. The van der Waals surface area contributed by atoms with E-state index in [4.69, 9.17) is 5.73 Å². The van der Waals surface area contributed by atoms with E-state index in [0.717, 1.165) is 0 Å². The summed E-state index contributed by atoms with van der Waals surface area (Å²) in [5, 5.41) is 2.55. The van der Waals surface area contributed by atoms with Crippen molar-refractivity contribution in [1.82, 2.24) is 0 Å². The molecular formula is C14H17N. The van der Waals surface area contributed by atoms with Crippen LogP contribution >= 0.6 is 0 Å². The van der Waals surface area contributed by atoms with Crippen LogP contribution in [-0.2, 0) is 0 Å². The molecule has 1 heteroatoms. The summed E-state index contributed by atoms with van der Waals surface area (Å²) >= 11 is 0. The number of fused-ring (bicyclic) bond motifs is 1. The Labute approximate surface area is 90.9 Å². The van der Waals surface area contributed by atoms with Gasteiger partial charge in [-0.15, -0.1) is 0 Å². The fourth-order valence-corrected chi connectivity index (χ4v) is 1.90. The zero-order valence-electron chi connectivity index (χ0n) is 9.27. The van der Waals surface area contributed by atoms with Crippen LogP contribution in [0.15, 0.2) is 42.5 Å². The molecule has 2 rings (SSSR count). The zero-order valence-corrected chi connectivity index (χ0v) is 9.27. The summed E-state index contributed by atoms with van der Waals surface area (Å²) in [5.41, 5.74) is 7.46. The lowest BCUT2D eigenvalue weighted by atomic mass is 9.92. The van der Waals surface area contributed by atoms with E-state index in [-0.39, 0.29) is 6.04 Å². The third-order valence-corrected chi connectivity index (χ3v) is 2.90. The highest BCUT2D eigenvalue weighted by molar-refractivity contribution is 5.86. The van der Waals surface area contributed by atoms with Crippen molar-refractivity contribution in [3.05, 3.63) is 48.0 Å². The standard InChI is InChI=1S/C14H17N/c1-10(2)14(15)13-9-5-7-11-6-3-4-8-12(11)13/h3-10,14H,15H2,1-2H3. The second-order valence-electron chi connectivity index (χ2n) is 4.34. The topological polar surface area (TPSA) is 26.0 Å². The van der Waals surface area contributed by atoms with Gasteiger partial charge in [-0.1, -0.05) is 56.3 Å². The molecule has 0 aliphatic heterocycles. The normalized spacial score (nSPS) is 13.3. The highest BCUT2D eigenvalue weighted by Crippen LogP contribution is 2.26. The first kappa shape index (κ1) is 10.2. The predicted molar refractivity (Wildman–Crippen MR) is 65.7 cm³/mol. The summed E-state index contributed by atoms with van der Waals surface area (Å²) in [6.45, 7) is 4.32. The lowest BCUT2D eigenvalue weighted by Crippen LogP contribution is -2.16. The molecule has 2 N–H and O–H groups in total. The van der Waals surface area contributed by atoms with Gasteiger partial charge < -0.3 is 5.73 Å². The molecule has 0 heterocycles. The quantitative estimate of drug-likeness (QED) is 0.787. The first-order valence-electron chi connectivity index (χ1n) is 5.43. The Kier molecular flexibility index (Phi) is 2.74. The Balaban J connectivity index is 2.60. The van der Waals surface area contributed by atoms with Gasteiger partial charge in [0, 0.05) is 6.04 Å². The molecule has 0 aromatic heterocycles. The fourth-order valence-electron chi connectivity index (χ4n) is 1.90. The van der Waals surface area contributed by atoms with E-state index < -0.39 is 0 Å². The van der Waals surface area contributed by atoms with Gasteiger partial charge in [-0.2, -0.15) is 0 Å². The second-order valence-corrected chi connectivity index (χ2v) is 4.34. The zero-order chi connectivity index (χ0) is 10.8. The van der Waals surface area contributed by atoms with Gasteiger partial charge in [-0.3, -0.25) is 0 Å². The van der Waals surface area contributed by atoms with Crippen LogP contribution in [0.4, 0.5) is 0 Å². The van der Waals surface area contributed by atoms with Crippen LogP contribution in [0.25, 0.3) is 10.8 Å². The minimum absolute atomic E-state index is 0.121. The molecular weight excluding hydrogens is 182 g/mol. The van der Waals surface area contributed by atoms with Crippen LogP contribution < -0.4 is 5.73 Å². The van der Waals surface area contributed by atoms with Crippen LogP contribution in [0.3, 0.4) is 0 Å². The summed E-state index contributed by atoms with van der Waals surface area (Å²) < 4.78 is 0. The van der Waals surface area contributed by atoms with Gasteiger partial charge in [0.25, 0.3) is 0 Å². The number of rotatable bonds is 2. The molecule has 0 amide bonds. The monoisotopic (exact) mass is 199 g/mol. The molecule has 0 aliphatic carbocycles. The summed E-state index contributed by atoms with van der Waals surface area (Å²) in [6.07, 6.45) is 0. The van der Waals surface area contributed by atoms with E-state index in [1.54, 1.807) is 0 Å². The second kappa shape index (κ2) is 4.03. The van der Waals surface area contributed by atoms with E-state index in [1.807, 2.05) is 0 Å². The Morgan fingerprint density at radius 2 is 1.60 bits per heavy atom. The molecule has 0 spiro atoms. The Hall–Kier alpha value is -1.34. The third-order valence-electron chi connectivity index (χ3n) is 2.90. The van der Waals surface area contributed by atoms with Gasteiger partial charge in [-0.05, 0) is 22.3 Å². The van der Waals surface area contributed by atoms with Gasteiger partial charge in [-0.25, -0.2) is 0 Å². The van der Waals surface area contributed by atoms with E-state index in [1.165, 1.54) is 16.3 Å². The van der Waals surface area contributed by atoms with Crippen molar-refractivity contribution in [2.45, 2.75) is 19.9 Å². The molecule has 1 atom stereocenters. The fraction of sp³-hybridized carbons (Fsp3) is 0.286. The van der Waals surface area contributed by atoms with Crippen molar-refractivity contribution in [2.24, 2.45) is 11.7 Å². The van der Waals surface area contributed by atoms with E-state index >= 15 is 0 Å². The maximum absolute atomic E-state index is 6.20. The highest BCUT2D eigenvalue weighted by atomic mass is 14.6. The molecule has 0 bridgehead atoms. The molecule has 0 fully saturated rings. The first-order valence-corrected chi connectivity index (χ1v) is 5.43. The Morgan fingerprint density at radius 1 is 0.933 bits per heavy atom. The van der Waals surface area contributed by atoms with Crippen LogP contribution in [-0.4, -0.2) is 0 Å². The van der Waals surface area contributed by atoms with E-state index in [0.29, 0.717) is 5.92 Å². The minimum Gasteiger partial charge on any atom is -0.324 e. The summed E-state index contributed by atoms with van der Waals surface area (Å²) in [5.74, 6) is 0.468. The molecule has 1 unspecified atom stereocenters. The molecule has 0 aliphatic rings. The van der Waals surface area contributed by atoms with Crippen molar-refractivity contribution in [3.63, 3.8) is 0 Å². The lowest BCUT2D eigenvalue weighted by Gasteiger charge is -2.18. The molecule has 0 saturated heterocycles. The SMILES string of the molecule is CC(C)C(N)c1cccc2ccccc12. The van der Waals surface area contributed by atoms with Crippen molar-refractivity contribution in [1.29, 1.82) is 0 Å². The Bertz CT molecular complexity index is 454. The van der Waals surface area contributed by atoms with Crippen molar-refractivity contribution < 1.29 is 0 Å². The highest BCUT2D eigenvalue weighted by Gasteiger charge is 2.12. The van der Waals surface area contributed by atoms with Crippen LogP contribution in [0.5, 0.6) is 0 Å². The summed E-state index contributed by atoms with van der Waals surface area (Å²) in [4.78, 5) is 0. The van der Waals surface area contributed by atoms with Gasteiger partial charge in [0.2, 0.25) is 0 Å². The molecule has 0 radical (unpaired) electrons. The van der Waals surface area contributed by atoms with Gasteiger partial charge in [0.1, 0.15) is 0 Å². The van der Waals surface area contributed by atoms with Crippen LogP contribution in [0.1, 0.15) is 25.5 Å². The van der Waals surface area contributed by atoms with Crippen LogP contribution in [0, 0.1) is 5.92 Å². The number of nitrogens with two attached hydrogens (primary N) is 1. The largest absolute Gasteiger partial charge is 0.324 e. The Morgan fingerprint density at radius 3 is 2.33 bits per heavy atom. The molecule has 2 aromatic carbocycles. The van der Waals surface area contributed by atoms with Gasteiger partial charge >= 0.3 is 0 Å². The van der Waals surface area contributed by atoms with E-state index in [2.05, 4.69) is 56.3 Å². The lowest BCUT2D eigenvalue weighted by molar-refractivity contribution is 0.517. The molecule has 78 valence electrons. The summed E-state index contributed by atoms with van der Waals surface area (Å²) in [6, 6.07) is 14.9. The predicted octanol–water partition coefficient (Wildman–Crippen LogP) is 3.50. The third kappa shape index (κ3) is 1.88. The smallest absolute Gasteiger partial charge is 0.0324 e. The van der Waals surface area contributed by atoms with Crippen molar-refractivity contribution in [2.75, 3.05) is 0 Å².